The Labute approximate surface area is 74.6 Å². The van der Waals surface area contributed by atoms with Gasteiger partial charge in [-0.15, -0.1) is 0 Å². The van der Waals surface area contributed by atoms with E-state index in [0.29, 0.717) is 5.39 Å². The Balaban J connectivity index is 2.82. The number of hydrogen-bond acceptors (Lipinski definition) is 2. The maximum absolute atomic E-state index is 10.6. The second kappa shape index (κ2) is 2.58. The van der Waals surface area contributed by atoms with Gasteiger partial charge < -0.3 is 4.57 Å². The highest BCUT2D eigenvalue weighted by Gasteiger charge is 2.11. The van der Waals surface area contributed by atoms with Crippen LogP contribution in [0, 0.1) is 10.1 Å². The zero-order chi connectivity index (χ0) is 9.42. The maximum atomic E-state index is 10.6. The van der Waals surface area contributed by atoms with Crippen LogP contribution in [0.3, 0.4) is 0 Å². The number of aromatic nitrogens is 1. The normalized spacial score (nSPS) is 10.5. The van der Waals surface area contributed by atoms with Gasteiger partial charge in [-0.25, -0.2) is 0 Å². The van der Waals surface area contributed by atoms with Crippen molar-refractivity contribution in [2.24, 2.45) is 7.05 Å². The number of aryl methyl sites for hydroxylation is 1. The van der Waals surface area contributed by atoms with Gasteiger partial charge in [-0.2, -0.15) is 0 Å². The number of non-ortho nitro benzene ring substituents is 1. The Hall–Kier alpha value is -1.84. The van der Waals surface area contributed by atoms with Crippen LogP contribution < -0.4 is 0 Å². The van der Waals surface area contributed by atoms with Gasteiger partial charge >= 0.3 is 0 Å². The summed E-state index contributed by atoms with van der Waals surface area (Å²) in [5.74, 6) is 0. The fourth-order valence-electron chi connectivity index (χ4n) is 1.44. The minimum atomic E-state index is -0.359. The first kappa shape index (κ1) is 7.79. The molecule has 0 radical (unpaired) electrons. The maximum Gasteiger partial charge on any atom is 0.278 e. The van der Waals surface area contributed by atoms with Crippen LogP contribution in [0.2, 0.25) is 0 Å². The first-order valence-corrected chi connectivity index (χ1v) is 3.87. The van der Waals surface area contributed by atoms with E-state index in [4.69, 9.17) is 0 Å². The number of rotatable bonds is 1. The summed E-state index contributed by atoms with van der Waals surface area (Å²) in [7, 11) is 1.85. The largest absolute Gasteiger partial charge is 0.356 e. The molecule has 66 valence electrons. The lowest BCUT2D eigenvalue weighted by atomic mass is 10.2. The van der Waals surface area contributed by atoms with Gasteiger partial charge in [0.25, 0.3) is 5.69 Å². The van der Waals surface area contributed by atoms with E-state index >= 15 is 0 Å². The van der Waals surface area contributed by atoms with E-state index in [1.54, 1.807) is 12.3 Å². The van der Waals surface area contributed by atoms with Crippen LogP contribution in [0.25, 0.3) is 10.8 Å². The molecule has 0 saturated carbocycles. The molecule has 0 aliphatic rings. The first-order valence-electron chi connectivity index (χ1n) is 3.87. The summed E-state index contributed by atoms with van der Waals surface area (Å²) in [4.78, 5) is 10.3. The summed E-state index contributed by atoms with van der Waals surface area (Å²) in [6.45, 7) is 0. The number of nitro groups is 1. The molecule has 0 N–H and O–H groups in total. The van der Waals surface area contributed by atoms with Crippen LogP contribution in [0.15, 0.2) is 30.6 Å². The van der Waals surface area contributed by atoms with Gasteiger partial charge in [-0.1, -0.05) is 12.1 Å². The molecule has 13 heavy (non-hydrogen) atoms. The molecule has 0 unspecified atom stereocenters. The SMILES string of the molecule is Cn1cc2cccc([N+](=O)[O-])c2c1. The molecule has 2 aromatic rings. The topological polar surface area (TPSA) is 48.1 Å². The van der Waals surface area contributed by atoms with Crippen LogP contribution in [0.4, 0.5) is 5.69 Å². The van der Waals surface area contributed by atoms with Crippen molar-refractivity contribution < 1.29 is 4.92 Å². The number of nitrogens with zero attached hydrogens (tertiary/aromatic N) is 2. The van der Waals surface area contributed by atoms with Crippen molar-refractivity contribution in [3.63, 3.8) is 0 Å². The van der Waals surface area contributed by atoms with Crippen LogP contribution in [0.5, 0.6) is 0 Å². The second-order valence-corrected chi connectivity index (χ2v) is 2.96. The lowest BCUT2D eigenvalue weighted by Gasteiger charge is -1.91. The summed E-state index contributed by atoms with van der Waals surface area (Å²) in [6.07, 6.45) is 3.62. The molecule has 0 fully saturated rings. The van der Waals surface area contributed by atoms with Gasteiger partial charge in [-0.05, 0) is 0 Å². The van der Waals surface area contributed by atoms with E-state index in [1.165, 1.54) is 6.07 Å². The molecule has 0 atom stereocenters. The van der Waals surface area contributed by atoms with Crippen LogP contribution in [0.1, 0.15) is 0 Å². The van der Waals surface area contributed by atoms with Crippen molar-refractivity contribution in [1.29, 1.82) is 0 Å². The zero-order valence-electron chi connectivity index (χ0n) is 7.10. The van der Waals surface area contributed by atoms with Crippen molar-refractivity contribution in [3.8, 4) is 0 Å². The standard InChI is InChI=1S/C9H8N2O2/c1-10-5-7-3-2-4-9(11(12)13)8(7)6-10/h2-6H,1H3. The third-order valence-corrected chi connectivity index (χ3v) is 1.99. The molecule has 0 aliphatic carbocycles. The van der Waals surface area contributed by atoms with Crippen LogP contribution in [-0.4, -0.2) is 9.49 Å². The fraction of sp³-hybridized carbons (Fsp3) is 0.111. The lowest BCUT2D eigenvalue weighted by molar-refractivity contribution is -0.383. The van der Waals surface area contributed by atoms with E-state index in [2.05, 4.69) is 0 Å². The molecule has 0 spiro atoms. The van der Waals surface area contributed by atoms with Crippen molar-refractivity contribution in [3.05, 3.63) is 40.7 Å². The van der Waals surface area contributed by atoms with E-state index in [1.807, 2.05) is 23.9 Å². The number of hydrogen-bond donors (Lipinski definition) is 0. The van der Waals surface area contributed by atoms with Gasteiger partial charge in [0.1, 0.15) is 0 Å². The van der Waals surface area contributed by atoms with Gasteiger partial charge in [-0.3, -0.25) is 10.1 Å². The molecule has 0 aliphatic heterocycles. The first-order chi connectivity index (χ1) is 6.18. The second-order valence-electron chi connectivity index (χ2n) is 2.96. The molecule has 1 aromatic carbocycles. The Morgan fingerprint density at radius 1 is 1.38 bits per heavy atom. The summed E-state index contributed by atoms with van der Waals surface area (Å²) in [5.41, 5.74) is 0.165. The smallest absolute Gasteiger partial charge is 0.278 e. The molecule has 4 heteroatoms. The predicted molar refractivity (Wildman–Crippen MR) is 49.6 cm³/mol. The Kier molecular flexibility index (Phi) is 1.55. The molecule has 1 heterocycles. The summed E-state index contributed by atoms with van der Waals surface area (Å²) < 4.78 is 1.82. The molecular formula is C9H8N2O2. The Bertz CT molecular complexity index is 473. The molecule has 0 saturated heterocycles. The van der Waals surface area contributed by atoms with Gasteiger partial charge in [0.2, 0.25) is 0 Å². The van der Waals surface area contributed by atoms with Gasteiger partial charge in [0.15, 0.2) is 0 Å². The average molecular weight is 176 g/mol. The van der Waals surface area contributed by atoms with E-state index in [0.717, 1.165) is 5.39 Å². The minimum Gasteiger partial charge on any atom is -0.356 e. The highest BCUT2D eigenvalue weighted by atomic mass is 16.6. The number of fused-ring (bicyclic) bond motifs is 1. The average Bonchev–Trinajstić information content (AvgIpc) is 2.43. The van der Waals surface area contributed by atoms with Crippen molar-refractivity contribution in [2.45, 2.75) is 0 Å². The third-order valence-electron chi connectivity index (χ3n) is 1.99. The third kappa shape index (κ3) is 1.16. The van der Waals surface area contributed by atoms with Crippen molar-refractivity contribution in [2.75, 3.05) is 0 Å². The fourth-order valence-corrected chi connectivity index (χ4v) is 1.44. The van der Waals surface area contributed by atoms with Gasteiger partial charge in [0.05, 0.1) is 10.3 Å². The molecule has 0 amide bonds. The molecule has 4 nitrogen and oxygen atoms in total. The summed E-state index contributed by atoms with van der Waals surface area (Å²) >= 11 is 0. The van der Waals surface area contributed by atoms with Crippen LogP contribution in [-0.2, 0) is 7.05 Å². The monoisotopic (exact) mass is 176 g/mol. The predicted octanol–water partition coefficient (Wildman–Crippen LogP) is 2.09. The van der Waals surface area contributed by atoms with Crippen molar-refractivity contribution in [1.82, 2.24) is 4.57 Å². The zero-order valence-corrected chi connectivity index (χ0v) is 7.10. The summed E-state index contributed by atoms with van der Waals surface area (Å²) in [5, 5.41) is 12.2. The Morgan fingerprint density at radius 3 is 2.85 bits per heavy atom. The van der Waals surface area contributed by atoms with E-state index < -0.39 is 0 Å². The van der Waals surface area contributed by atoms with E-state index in [-0.39, 0.29) is 10.6 Å². The summed E-state index contributed by atoms with van der Waals surface area (Å²) in [6, 6.07) is 5.07. The van der Waals surface area contributed by atoms with Crippen molar-refractivity contribution >= 4 is 16.5 Å². The quantitative estimate of drug-likeness (QED) is 0.493. The molecule has 0 bridgehead atoms. The van der Waals surface area contributed by atoms with Gasteiger partial charge in [0, 0.05) is 30.9 Å². The van der Waals surface area contributed by atoms with Crippen LogP contribution >= 0.6 is 0 Å². The molecular weight excluding hydrogens is 168 g/mol. The highest BCUT2D eigenvalue weighted by molar-refractivity contribution is 5.90. The Morgan fingerprint density at radius 2 is 2.15 bits per heavy atom. The minimum absolute atomic E-state index is 0.165. The van der Waals surface area contributed by atoms with E-state index in [9.17, 15) is 10.1 Å². The highest BCUT2D eigenvalue weighted by Crippen LogP contribution is 2.25. The number of benzene rings is 1. The molecule has 1 aromatic heterocycles. The lowest BCUT2D eigenvalue weighted by Crippen LogP contribution is -1.87. The number of nitro benzene ring substituents is 1. The molecule has 2 rings (SSSR count).